The molecule has 0 radical (unpaired) electrons. The van der Waals surface area contributed by atoms with E-state index >= 15 is 0 Å². The number of carbonyl (C=O) groups is 1. The topological polar surface area (TPSA) is 84.9 Å². The molecule has 0 spiro atoms. The maximum absolute atomic E-state index is 12.7. The number of carbonyl (C=O) groups excluding carboxylic acids is 1. The third-order valence-corrected chi connectivity index (χ3v) is 5.26. The molecule has 0 aromatic heterocycles. The molecule has 124 valence electrons. The van der Waals surface area contributed by atoms with Gasteiger partial charge in [0.2, 0.25) is 10.0 Å². The maximum atomic E-state index is 12.7. The van der Waals surface area contributed by atoms with Crippen LogP contribution in [0.5, 0.6) is 5.75 Å². The van der Waals surface area contributed by atoms with Crippen molar-refractivity contribution in [3.63, 3.8) is 0 Å². The van der Waals surface area contributed by atoms with Gasteiger partial charge in [-0.25, -0.2) is 8.42 Å². The molecule has 9 heteroatoms. The zero-order valence-electron chi connectivity index (χ0n) is 12.3. The molecule has 1 fully saturated rings. The van der Waals surface area contributed by atoms with E-state index in [9.17, 15) is 13.2 Å². The Labute approximate surface area is 136 Å². The Hall–Kier alpha value is -1.35. The normalized spacial score (nSPS) is 19.1. The summed E-state index contributed by atoms with van der Waals surface area (Å²) in [6.07, 6.45) is 0. The molecule has 1 aromatic carbocycles. The second-order valence-electron chi connectivity index (χ2n) is 4.53. The van der Waals surface area contributed by atoms with E-state index < -0.39 is 22.0 Å². The molecule has 0 saturated carbocycles. The van der Waals surface area contributed by atoms with E-state index in [-0.39, 0.29) is 30.4 Å². The second-order valence-corrected chi connectivity index (χ2v) is 6.42. The van der Waals surface area contributed by atoms with Crippen LogP contribution >= 0.6 is 12.4 Å². The first kappa shape index (κ1) is 18.7. The molecule has 22 heavy (non-hydrogen) atoms. The van der Waals surface area contributed by atoms with Gasteiger partial charge in [-0.1, -0.05) is 0 Å². The van der Waals surface area contributed by atoms with Crippen molar-refractivity contribution in [3.05, 3.63) is 24.3 Å². The molecule has 1 aliphatic heterocycles. The Morgan fingerprint density at radius 3 is 2.45 bits per heavy atom. The Morgan fingerprint density at radius 1 is 1.27 bits per heavy atom. The van der Waals surface area contributed by atoms with E-state index in [1.807, 2.05) is 0 Å². The standard InChI is InChI=1S/C13H18N2O5S.ClH/c1-19-10-3-5-11(6-4-10)21(17,18)15-8-7-14-9-12(15)13(16)20-2;/h3-6,12,14H,7-9H2,1-2H3;1H. The van der Waals surface area contributed by atoms with E-state index in [0.717, 1.165) is 0 Å². The second kappa shape index (κ2) is 7.77. The van der Waals surface area contributed by atoms with Gasteiger partial charge in [0.25, 0.3) is 0 Å². The number of hydrogen-bond donors (Lipinski definition) is 1. The summed E-state index contributed by atoms with van der Waals surface area (Å²) in [6, 6.07) is 5.22. The highest BCUT2D eigenvalue weighted by Crippen LogP contribution is 2.22. The molecule has 1 atom stereocenters. The number of benzene rings is 1. The minimum absolute atomic E-state index is 0. The van der Waals surface area contributed by atoms with Crippen molar-refractivity contribution >= 4 is 28.4 Å². The van der Waals surface area contributed by atoms with Crippen LogP contribution in [0.2, 0.25) is 0 Å². The zero-order valence-corrected chi connectivity index (χ0v) is 13.9. The van der Waals surface area contributed by atoms with Gasteiger partial charge in [-0.2, -0.15) is 4.31 Å². The molecule has 1 saturated heterocycles. The zero-order chi connectivity index (χ0) is 15.5. The van der Waals surface area contributed by atoms with Gasteiger partial charge < -0.3 is 14.8 Å². The Bertz CT molecular complexity index is 605. The molecular weight excluding hydrogens is 332 g/mol. The number of ether oxygens (including phenoxy) is 2. The fourth-order valence-corrected chi connectivity index (χ4v) is 3.77. The van der Waals surface area contributed by atoms with Crippen molar-refractivity contribution in [2.75, 3.05) is 33.9 Å². The van der Waals surface area contributed by atoms with Crippen molar-refractivity contribution < 1.29 is 22.7 Å². The van der Waals surface area contributed by atoms with Crippen molar-refractivity contribution in [2.24, 2.45) is 0 Å². The summed E-state index contributed by atoms with van der Waals surface area (Å²) in [6.45, 7) is 0.944. The average molecular weight is 351 g/mol. The predicted octanol–water partition coefficient (Wildman–Crippen LogP) is 0.253. The van der Waals surface area contributed by atoms with E-state index in [4.69, 9.17) is 4.74 Å². The lowest BCUT2D eigenvalue weighted by Gasteiger charge is -2.33. The molecular formula is C13H19ClN2O5S. The molecule has 0 bridgehead atoms. The summed E-state index contributed by atoms with van der Waals surface area (Å²) in [5.41, 5.74) is 0. The average Bonchev–Trinajstić information content (AvgIpc) is 2.54. The fraction of sp³-hybridized carbons (Fsp3) is 0.462. The van der Waals surface area contributed by atoms with E-state index in [0.29, 0.717) is 12.3 Å². The predicted molar refractivity (Wildman–Crippen MR) is 82.8 cm³/mol. The van der Waals surface area contributed by atoms with Crippen LogP contribution < -0.4 is 10.1 Å². The molecule has 1 aliphatic rings. The highest BCUT2D eigenvalue weighted by molar-refractivity contribution is 7.89. The lowest BCUT2D eigenvalue weighted by molar-refractivity contribution is -0.145. The molecule has 2 rings (SSSR count). The van der Waals surface area contributed by atoms with Crippen LogP contribution in [0.25, 0.3) is 0 Å². The van der Waals surface area contributed by atoms with Gasteiger partial charge in [0.15, 0.2) is 0 Å². The van der Waals surface area contributed by atoms with Gasteiger partial charge in [0.05, 0.1) is 19.1 Å². The van der Waals surface area contributed by atoms with Crippen LogP contribution in [0.15, 0.2) is 29.2 Å². The van der Waals surface area contributed by atoms with Crippen molar-refractivity contribution in [3.8, 4) is 5.75 Å². The number of methoxy groups -OCH3 is 2. The van der Waals surface area contributed by atoms with Gasteiger partial charge in [-0.15, -0.1) is 12.4 Å². The number of nitrogens with zero attached hydrogens (tertiary/aromatic N) is 1. The van der Waals surface area contributed by atoms with Gasteiger partial charge in [0.1, 0.15) is 11.8 Å². The molecule has 1 aromatic rings. The molecule has 1 unspecified atom stereocenters. The number of hydrogen-bond acceptors (Lipinski definition) is 6. The molecule has 7 nitrogen and oxygen atoms in total. The number of nitrogens with one attached hydrogen (secondary N) is 1. The minimum Gasteiger partial charge on any atom is -0.497 e. The number of halogens is 1. The van der Waals surface area contributed by atoms with Crippen molar-refractivity contribution in [1.29, 1.82) is 0 Å². The molecule has 1 heterocycles. The van der Waals surface area contributed by atoms with Crippen LogP contribution in [0.3, 0.4) is 0 Å². The first-order chi connectivity index (χ1) is 10.0. The lowest BCUT2D eigenvalue weighted by Crippen LogP contribution is -2.57. The third kappa shape index (κ3) is 3.70. The molecule has 0 amide bonds. The summed E-state index contributed by atoms with van der Waals surface area (Å²) in [5, 5.41) is 2.99. The SMILES string of the molecule is COC(=O)C1CNCCN1S(=O)(=O)c1ccc(OC)cc1.Cl. The van der Waals surface area contributed by atoms with Gasteiger partial charge in [-0.3, -0.25) is 4.79 Å². The summed E-state index contributed by atoms with van der Waals surface area (Å²) >= 11 is 0. The van der Waals surface area contributed by atoms with E-state index in [1.165, 1.54) is 30.7 Å². The Balaban J connectivity index is 0.00000242. The summed E-state index contributed by atoms with van der Waals surface area (Å²) in [5.74, 6) is -0.00179. The monoisotopic (exact) mass is 350 g/mol. The van der Waals surface area contributed by atoms with E-state index in [2.05, 4.69) is 10.1 Å². The highest BCUT2D eigenvalue weighted by atomic mass is 35.5. The van der Waals surface area contributed by atoms with E-state index in [1.54, 1.807) is 12.1 Å². The number of piperazine rings is 1. The van der Waals surface area contributed by atoms with Crippen LogP contribution in [0.1, 0.15) is 0 Å². The van der Waals surface area contributed by atoms with Crippen LogP contribution in [0, 0.1) is 0 Å². The summed E-state index contributed by atoms with van der Waals surface area (Å²) in [4.78, 5) is 11.9. The lowest BCUT2D eigenvalue weighted by atomic mass is 10.2. The quantitative estimate of drug-likeness (QED) is 0.784. The maximum Gasteiger partial charge on any atom is 0.325 e. The highest BCUT2D eigenvalue weighted by Gasteiger charge is 2.38. The Kier molecular flexibility index (Phi) is 6.61. The van der Waals surface area contributed by atoms with Crippen LogP contribution in [0.4, 0.5) is 0 Å². The van der Waals surface area contributed by atoms with Gasteiger partial charge in [-0.05, 0) is 24.3 Å². The third-order valence-electron chi connectivity index (χ3n) is 3.33. The fourth-order valence-electron chi connectivity index (χ4n) is 2.19. The van der Waals surface area contributed by atoms with Crippen molar-refractivity contribution in [2.45, 2.75) is 10.9 Å². The Morgan fingerprint density at radius 2 is 1.91 bits per heavy atom. The number of esters is 1. The molecule has 0 aliphatic carbocycles. The van der Waals surface area contributed by atoms with Crippen LogP contribution in [-0.2, 0) is 19.6 Å². The smallest absolute Gasteiger partial charge is 0.325 e. The first-order valence-corrected chi connectivity index (χ1v) is 7.89. The van der Waals surface area contributed by atoms with Gasteiger partial charge in [0, 0.05) is 19.6 Å². The first-order valence-electron chi connectivity index (χ1n) is 6.45. The largest absolute Gasteiger partial charge is 0.497 e. The van der Waals surface area contributed by atoms with Gasteiger partial charge >= 0.3 is 5.97 Å². The molecule has 1 N–H and O–H groups in total. The minimum atomic E-state index is -3.75. The number of sulfonamides is 1. The number of rotatable bonds is 4. The summed E-state index contributed by atoms with van der Waals surface area (Å²) in [7, 11) is -1.00. The van der Waals surface area contributed by atoms with Crippen LogP contribution in [-0.4, -0.2) is 58.6 Å². The van der Waals surface area contributed by atoms with Crippen molar-refractivity contribution in [1.82, 2.24) is 9.62 Å². The summed E-state index contributed by atoms with van der Waals surface area (Å²) < 4.78 is 36.2.